The van der Waals surface area contributed by atoms with E-state index in [0.29, 0.717) is 17.2 Å². The number of fused-ring (bicyclic) bond motifs is 1. The Kier molecular flexibility index (Phi) is 3.12. The second kappa shape index (κ2) is 4.79. The van der Waals surface area contributed by atoms with Gasteiger partial charge in [-0.25, -0.2) is 19.3 Å². The minimum atomic E-state index is -0.495. The van der Waals surface area contributed by atoms with Crippen molar-refractivity contribution in [3.8, 4) is 11.5 Å². The van der Waals surface area contributed by atoms with Crippen molar-refractivity contribution in [2.45, 2.75) is 5.03 Å². The van der Waals surface area contributed by atoms with E-state index in [9.17, 15) is 4.39 Å². The van der Waals surface area contributed by atoms with E-state index < -0.39 is 5.82 Å². The zero-order valence-electron chi connectivity index (χ0n) is 9.84. The van der Waals surface area contributed by atoms with Crippen LogP contribution in [0, 0.1) is 5.82 Å². The van der Waals surface area contributed by atoms with Crippen LogP contribution in [0.2, 0.25) is 5.02 Å². The van der Waals surface area contributed by atoms with E-state index in [0.717, 1.165) is 5.03 Å². The fourth-order valence-corrected chi connectivity index (χ4v) is 2.25. The molecule has 0 atom stereocenters. The van der Waals surface area contributed by atoms with Crippen molar-refractivity contribution in [1.82, 2.24) is 19.4 Å². The number of aromatic nitrogens is 4. The van der Waals surface area contributed by atoms with Crippen molar-refractivity contribution in [2.75, 3.05) is 6.26 Å². The molecule has 7 heteroatoms. The van der Waals surface area contributed by atoms with Crippen LogP contribution >= 0.6 is 23.4 Å². The zero-order chi connectivity index (χ0) is 13.4. The van der Waals surface area contributed by atoms with E-state index in [1.54, 1.807) is 16.8 Å². The number of halogens is 2. The molecule has 0 unspecified atom stereocenters. The molecule has 0 amide bonds. The molecule has 3 aromatic heterocycles. The van der Waals surface area contributed by atoms with E-state index >= 15 is 0 Å². The van der Waals surface area contributed by atoms with Gasteiger partial charge < -0.3 is 0 Å². The van der Waals surface area contributed by atoms with Gasteiger partial charge in [0, 0.05) is 18.5 Å². The van der Waals surface area contributed by atoms with Gasteiger partial charge in [0.05, 0.1) is 16.2 Å². The van der Waals surface area contributed by atoms with Crippen LogP contribution in [0.1, 0.15) is 0 Å². The molecule has 0 saturated heterocycles. The number of imidazole rings is 1. The number of thioether (sulfide) groups is 1. The molecule has 3 aromatic rings. The van der Waals surface area contributed by atoms with Crippen molar-refractivity contribution in [3.05, 3.63) is 41.6 Å². The molecule has 0 N–H and O–H groups in total. The molecule has 0 aromatic carbocycles. The molecular weight excluding hydrogens is 287 g/mol. The lowest BCUT2D eigenvalue weighted by Crippen LogP contribution is -1.95. The van der Waals surface area contributed by atoms with Crippen molar-refractivity contribution >= 4 is 29.0 Å². The Labute approximate surface area is 117 Å². The molecule has 0 bridgehead atoms. The summed E-state index contributed by atoms with van der Waals surface area (Å²) in [5, 5.41) is 0.890. The Balaban J connectivity index is 2.22. The summed E-state index contributed by atoms with van der Waals surface area (Å²) in [6.45, 7) is 0. The van der Waals surface area contributed by atoms with Crippen molar-refractivity contribution in [3.63, 3.8) is 0 Å². The van der Waals surface area contributed by atoms with Gasteiger partial charge in [-0.15, -0.1) is 11.8 Å². The maximum Gasteiger partial charge on any atom is 0.179 e. The van der Waals surface area contributed by atoms with Crippen LogP contribution in [0.3, 0.4) is 0 Å². The van der Waals surface area contributed by atoms with Gasteiger partial charge in [0.2, 0.25) is 0 Å². The predicted molar refractivity (Wildman–Crippen MR) is 73.0 cm³/mol. The highest BCUT2D eigenvalue weighted by Crippen LogP contribution is 2.23. The minimum Gasteiger partial charge on any atom is -0.295 e. The molecule has 0 radical (unpaired) electrons. The van der Waals surface area contributed by atoms with Crippen molar-refractivity contribution in [2.24, 2.45) is 0 Å². The predicted octanol–water partition coefficient (Wildman–Crippen LogP) is 3.31. The second-order valence-corrected chi connectivity index (χ2v) is 5.00. The zero-order valence-corrected chi connectivity index (χ0v) is 11.4. The van der Waals surface area contributed by atoms with Gasteiger partial charge in [0.15, 0.2) is 5.82 Å². The van der Waals surface area contributed by atoms with E-state index in [4.69, 9.17) is 11.6 Å². The van der Waals surface area contributed by atoms with Crippen LogP contribution in [0.25, 0.3) is 17.2 Å². The van der Waals surface area contributed by atoms with Crippen LogP contribution in [-0.4, -0.2) is 25.6 Å². The van der Waals surface area contributed by atoms with Gasteiger partial charge in [-0.3, -0.25) is 4.40 Å². The number of pyridine rings is 1. The molecule has 96 valence electrons. The third kappa shape index (κ3) is 2.17. The molecule has 3 rings (SSSR count). The molecule has 0 saturated carbocycles. The van der Waals surface area contributed by atoms with Gasteiger partial charge in [0.1, 0.15) is 17.2 Å². The maximum absolute atomic E-state index is 13.4. The lowest BCUT2D eigenvalue weighted by atomic mass is 10.4. The van der Waals surface area contributed by atoms with Gasteiger partial charge in [0.25, 0.3) is 0 Å². The Morgan fingerprint density at radius 1 is 1.37 bits per heavy atom. The monoisotopic (exact) mass is 294 g/mol. The van der Waals surface area contributed by atoms with E-state index in [1.165, 1.54) is 24.0 Å². The lowest BCUT2D eigenvalue weighted by molar-refractivity contribution is 0.627. The van der Waals surface area contributed by atoms with Crippen molar-refractivity contribution < 1.29 is 4.39 Å². The fraction of sp³-hybridized carbons (Fsp3) is 0.0833. The Hall–Kier alpha value is -1.66. The fourth-order valence-electron chi connectivity index (χ4n) is 1.72. The van der Waals surface area contributed by atoms with Gasteiger partial charge >= 0.3 is 0 Å². The van der Waals surface area contributed by atoms with Gasteiger partial charge in [-0.1, -0.05) is 11.6 Å². The van der Waals surface area contributed by atoms with Crippen LogP contribution in [0.15, 0.2) is 35.7 Å². The molecule has 4 nitrogen and oxygen atoms in total. The highest BCUT2D eigenvalue weighted by atomic mass is 35.5. The first-order valence-electron chi connectivity index (χ1n) is 5.38. The highest BCUT2D eigenvalue weighted by molar-refractivity contribution is 7.98. The summed E-state index contributed by atoms with van der Waals surface area (Å²) in [5.74, 6) is 0.0344. The summed E-state index contributed by atoms with van der Waals surface area (Å²) in [7, 11) is 0. The van der Waals surface area contributed by atoms with Crippen LogP contribution < -0.4 is 0 Å². The highest BCUT2D eigenvalue weighted by Gasteiger charge is 2.11. The van der Waals surface area contributed by atoms with E-state index in [-0.39, 0.29) is 5.02 Å². The first-order chi connectivity index (χ1) is 9.19. The molecule has 0 spiro atoms. The number of hydrogen-bond acceptors (Lipinski definition) is 4. The lowest BCUT2D eigenvalue weighted by Gasteiger charge is -2.03. The summed E-state index contributed by atoms with van der Waals surface area (Å²) in [4.78, 5) is 12.7. The first-order valence-corrected chi connectivity index (χ1v) is 6.99. The Morgan fingerprint density at radius 3 is 3.00 bits per heavy atom. The summed E-state index contributed by atoms with van der Waals surface area (Å²) >= 11 is 7.32. The molecule has 0 aliphatic carbocycles. The Morgan fingerprint density at radius 2 is 2.21 bits per heavy atom. The largest absolute Gasteiger partial charge is 0.295 e. The number of nitrogens with zero attached hydrogens (tertiary/aromatic N) is 4. The van der Waals surface area contributed by atoms with Crippen LogP contribution in [0.5, 0.6) is 0 Å². The van der Waals surface area contributed by atoms with Crippen LogP contribution in [-0.2, 0) is 0 Å². The molecule has 0 fully saturated rings. The smallest absolute Gasteiger partial charge is 0.179 e. The summed E-state index contributed by atoms with van der Waals surface area (Å²) < 4.78 is 15.0. The average Bonchev–Trinajstić information content (AvgIpc) is 2.82. The molecule has 0 aliphatic heterocycles. The quantitative estimate of drug-likeness (QED) is 0.537. The maximum atomic E-state index is 13.4. The summed E-state index contributed by atoms with van der Waals surface area (Å²) in [5.41, 5.74) is 1.14. The minimum absolute atomic E-state index is 0.0350. The molecule has 0 aliphatic rings. The van der Waals surface area contributed by atoms with E-state index in [1.807, 2.05) is 12.3 Å². The first kappa shape index (κ1) is 12.4. The summed E-state index contributed by atoms with van der Waals surface area (Å²) in [6, 6.07) is 3.11. The van der Waals surface area contributed by atoms with Gasteiger partial charge in [-0.2, -0.15) is 0 Å². The van der Waals surface area contributed by atoms with Gasteiger partial charge in [-0.05, 0) is 12.3 Å². The second-order valence-electron chi connectivity index (χ2n) is 3.76. The SMILES string of the molecule is CSc1ccnc(-c2cnc3cc(F)c(Cl)cn23)n1. The topological polar surface area (TPSA) is 43.1 Å². The third-order valence-electron chi connectivity index (χ3n) is 2.62. The van der Waals surface area contributed by atoms with E-state index in [2.05, 4.69) is 15.0 Å². The molecule has 3 heterocycles. The number of rotatable bonds is 2. The number of hydrogen-bond donors (Lipinski definition) is 0. The Bertz CT molecular complexity index is 759. The summed E-state index contributed by atoms with van der Waals surface area (Å²) in [6.07, 6.45) is 6.69. The van der Waals surface area contributed by atoms with Crippen molar-refractivity contribution in [1.29, 1.82) is 0 Å². The normalized spacial score (nSPS) is 11.1. The average molecular weight is 295 g/mol. The third-order valence-corrected chi connectivity index (χ3v) is 3.54. The standard InChI is InChI=1S/C12H8ClFN4S/c1-19-11-2-3-15-12(17-11)9-5-16-10-4-8(14)7(13)6-18(9)10/h2-6H,1H3. The molecule has 19 heavy (non-hydrogen) atoms. The van der Waals surface area contributed by atoms with Crippen LogP contribution in [0.4, 0.5) is 4.39 Å². The molecular formula is C12H8ClFN4S.